The lowest BCUT2D eigenvalue weighted by Gasteiger charge is -2.28. The molecule has 3 amide bonds. The maximum atomic E-state index is 13.5. The Balaban J connectivity index is 1.39. The van der Waals surface area contributed by atoms with E-state index in [0.29, 0.717) is 33.3 Å². The normalized spacial score (nSPS) is 15.2. The first-order valence-corrected chi connectivity index (χ1v) is 11.7. The summed E-state index contributed by atoms with van der Waals surface area (Å²) in [6.45, 7) is 0.100. The van der Waals surface area contributed by atoms with Gasteiger partial charge in [-0.1, -0.05) is 12.1 Å². The summed E-state index contributed by atoms with van der Waals surface area (Å²) in [5.41, 5.74) is 2.11. The minimum absolute atomic E-state index is 0.100. The summed E-state index contributed by atoms with van der Waals surface area (Å²) in [5.74, 6) is -0.448. The van der Waals surface area contributed by atoms with Crippen LogP contribution in [0.25, 0.3) is 0 Å². The Labute approximate surface area is 204 Å². The van der Waals surface area contributed by atoms with Crippen molar-refractivity contribution in [1.82, 2.24) is 19.9 Å². The summed E-state index contributed by atoms with van der Waals surface area (Å²) in [5, 5.41) is 7.35. The van der Waals surface area contributed by atoms with Gasteiger partial charge in [0, 0.05) is 30.7 Å². The Hall–Kier alpha value is -4.44. The zero-order chi connectivity index (χ0) is 24.2. The van der Waals surface area contributed by atoms with Gasteiger partial charge in [0.1, 0.15) is 16.7 Å². The molecule has 0 saturated heterocycles. The van der Waals surface area contributed by atoms with Crippen LogP contribution in [-0.4, -0.2) is 43.6 Å². The molecule has 9 nitrogen and oxygen atoms in total. The van der Waals surface area contributed by atoms with E-state index in [-0.39, 0.29) is 30.7 Å². The molecule has 5 rings (SSSR count). The minimum Gasteiger partial charge on any atom is -0.323 e. The predicted molar refractivity (Wildman–Crippen MR) is 131 cm³/mol. The molecule has 174 valence electrons. The second-order valence-electron chi connectivity index (χ2n) is 7.83. The largest absolute Gasteiger partial charge is 0.323 e. The second-order valence-corrected chi connectivity index (χ2v) is 8.75. The van der Waals surface area contributed by atoms with Crippen LogP contribution in [0.3, 0.4) is 0 Å². The average Bonchev–Trinajstić information content (AvgIpc) is 3.32. The van der Waals surface area contributed by atoms with Crippen LogP contribution in [0, 0.1) is 0 Å². The molecule has 0 aromatic carbocycles. The van der Waals surface area contributed by atoms with Crippen molar-refractivity contribution in [2.45, 2.75) is 19.0 Å². The molecule has 0 fully saturated rings. The number of aromatic nitrogens is 3. The van der Waals surface area contributed by atoms with Gasteiger partial charge in [0.2, 0.25) is 5.91 Å². The molecular weight excluding hydrogens is 464 g/mol. The lowest BCUT2D eigenvalue weighted by atomic mass is 10.1. The molecule has 35 heavy (non-hydrogen) atoms. The zero-order valence-corrected chi connectivity index (χ0v) is 19.2. The number of hydrogen-bond donors (Lipinski definition) is 2. The van der Waals surface area contributed by atoms with Crippen molar-refractivity contribution in [2.24, 2.45) is 0 Å². The van der Waals surface area contributed by atoms with Crippen LogP contribution in [-0.2, 0) is 17.8 Å². The van der Waals surface area contributed by atoms with Gasteiger partial charge in [0.05, 0.1) is 23.5 Å². The van der Waals surface area contributed by atoms with Crippen molar-refractivity contribution in [3.8, 4) is 0 Å². The fourth-order valence-electron chi connectivity index (χ4n) is 3.76. The summed E-state index contributed by atoms with van der Waals surface area (Å²) in [7, 11) is 0. The van der Waals surface area contributed by atoms with Gasteiger partial charge in [0.15, 0.2) is 0 Å². The molecule has 1 aliphatic heterocycles. The lowest BCUT2D eigenvalue weighted by Crippen LogP contribution is -2.46. The van der Waals surface area contributed by atoms with Crippen molar-refractivity contribution in [3.05, 3.63) is 100 Å². The Morgan fingerprint density at radius 3 is 2.51 bits per heavy atom. The molecule has 2 N–H and O–H groups in total. The first kappa shape index (κ1) is 22.4. The minimum atomic E-state index is -0.772. The first-order chi connectivity index (χ1) is 17.1. The van der Waals surface area contributed by atoms with Crippen LogP contribution in [0.2, 0.25) is 0 Å². The highest BCUT2D eigenvalue weighted by atomic mass is 32.1. The number of rotatable bonds is 6. The van der Waals surface area contributed by atoms with E-state index in [1.54, 1.807) is 60.2 Å². The quantitative estimate of drug-likeness (QED) is 0.433. The van der Waals surface area contributed by atoms with Crippen LogP contribution < -0.4 is 10.6 Å². The maximum Gasteiger partial charge on any atom is 0.267 e. The summed E-state index contributed by atoms with van der Waals surface area (Å²) in [6, 6.07) is 15.0. The number of carbonyl (C=O) groups excluding carboxylic acids is 3. The van der Waals surface area contributed by atoms with Gasteiger partial charge in [0.25, 0.3) is 11.8 Å². The van der Waals surface area contributed by atoms with Gasteiger partial charge in [-0.15, -0.1) is 11.3 Å². The average molecular weight is 485 g/mol. The molecule has 0 bridgehead atoms. The van der Waals surface area contributed by atoms with Gasteiger partial charge in [-0.25, -0.2) is 4.98 Å². The molecule has 1 unspecified atom stereocenters. The fourth-order valence-corrected chi connectivity index (χ4v) is 4.56. The summed E-state index contributed by atoms with van der Waals surface area (Å²) in [6.07, 6.45) is 4.95. The van der Waals surface area contributed by atoms with E-state index in [9.17, 15) is 14.4 Å². The Bertz CT molecular complexity index is 1360. The third-order valence-corrected chi connectivity index (χ3v) is 6.41. The van der Waals surface area contributed by atoms with Gasteiger partial charge in [-0.2, -0.15) is 0 Å². The van der Waals surface area contributed by atoms with Crippen LogP contribution in [0.15, 0.2) is 78.6 Å². The predicted octanol–water partition coefficient (Wildman–Crippen LogP) is 3.39. The number of fused-ring (bicyclic) bond motifs is 1. The van der Waals surface area contributed by atoms with Gasteiger partial charge >= 0.3 is 0 Å². The fraction of sp³-hybridized carbons (Fsp3) is 0.120. The maximum absolute atomic E-state index is 13.5. The Kier molecular flexibility index (Phi) is 6.27. The molecular formula is C25H20N6O3S. The van der Waals surface area contributed by atoms with Crippen LogP contribution in [0.5, 0.6) is 0 Å². The second kappa shape index (κ2) is 9.82. The zero-order valence-electron chi connectivity index (χ0n) is 18.4. The van der Waals surface area contributed by atoms with E-state index in [2.05, 4.69) is 25.6 Å². The highest BCUT2D eigenvalue weighted by Gasteiger charge is 2.36. The van der Waals surface area contributed by atoms with Gasteiger partial charge in [-0.05, 0) is 47.8 Å². The molecule has 1 atom stereocenters. The van der Waals surface area contributed by atoms with E-state index < -0.39 is 6.04 Å². The summed E-state index contributed by atoms with van der Waals surface area (Å²) >= 11 is 1.28. The third kappa shape index (κ3) is 4.92. The van der Waals surface area contributed by atoms with Crippen LogP contribution >= 0.6 is 11.3 Å². The van der Waals surface area contributed by atoms with Crippen LogP contribution in [0.1, 0.15) is 31.4 Å². The van der Waals surface area contributed by atoms with E-state index in [0.717, 1.165) is 0 Å². The van der Waals surface area contributed by atoms with Crippen molar-refractivity contribution in [1.29, 1.82) is 0 Å². The number of pyridine rings is 3. The number of nitrogens with one attached hydrogen (secondary N) is 2. The van der Waals surface area contributed by atoms with E-state index in [1.807, 2.05) is 12.1 Å². The monoisotopic (exact) mass is 484 g/mol. The third-order valence-electron chi connectivity index (χ3n) is 5.51. The van der Waals surface area contributed by atoms with Crippen molar-refractivity contribution < 1.29 is 14.4 Å². The number of thiophene rings is 1. The highest BCUT2D eigenvalue weighted by molar-refractivity contribution is 7.12. The lowest BCUT2D eigenvalue weighted by molar-refractivity contribution is -0.120. The molecule has 5 heterocycles. The highest BCUT2D eigenvalue weighted by Crippen LogP contribution is 2.30. The smallest absolute Gasteiger partial charge is 0.267 e. The molecule has 0 spiro atoms. The van der Waals surface area contributed by atoms with E-state index in [1.165, 1.54) is 22.4 Å². The number of nitrogens with zero attached hydrogens (tertiary/aromatic N) is 4. The van der Waals surface area contributed by atoms with E-state index >= 15 is 0 Å². The molecule has 4 aromatic rings. The number of amides is 3. The topological polar surface area (TPSA) is 117 Å². The Morgan fingerprint density at radius 2 is 1.80 bits per heavy atom. The van der Waals surface area contributed by atoms with E-state index in [4.69, 9.17) is 0 Å². The molecule has 0 radical (unpaired) electrons. The van der Waals surface area contributed by atoms with Crippen molar-refractivity contribution >= 4 is 40.6 Å². The van der Waals surface area contributed by atoms with Gasteiger partial charge in [-0.3, -0.25) is 24.4 Å². The number of carbonyl (C=O) groups is 3. The Morgan fingerprint density at radius 1 is 0.971 bits per heavy atom. The molecule has 10 heteroatoms. The number of anilines is 2. The SMILES string of the molecule is O=C(Nc1ccccn1)c1ccc(CN2C(=O)c3sccc3NC(=O)C2Cc2ccccn2)nc1. The first-order valence-electron chi connectivity index (χ1n) is 10.8. The summed E-state index contributed by atoms with van der Waals surface area (Å²) in [4.78, 5) is 53.9. The van der Waals surface area contributed by atoms with Crippen molar-refractivity contribution in [3.63, 3.8) is 0 Å². The standard InChI is InChI=1S/C25H20N6O3S/c32-23(30-21-6-2-4-11-27-21)16-7-8-18(28-14-16)15-31-20(13-17-5-1-3-10-26-17)24(33)29-19-9-12-35-22(19)25(31)34/h1-12,14,20H,13,15H2,(H,29,33)(H,27,30,32). The van der Waals surface area contributed by atoms with Crippen LogP contribution in [0.4, 0.5) is 11.5 Å². The summed E-state index contributed by atoms with van der Waals surface area (Å²) < 4.78 is 0. The molecule has 4 aromatic heterocycles. The van der Waals surface area contributed by atoms with Crippen molar-refractivity contribution in [2.75, 3.05) is 10.6 Å². The molecule has 0 aliphatic carbocycles. The van der Waals surface area contributed by atoms with Gasteiger partial charge < -0.3 is 15.5 Å². The number of hydrogen-bond acceptors (Lipinski definition) is 7. The molecule has 1 aliphatic rings. The molecule has 0 saturated carbocycles.